The zero-order chi connectivity index (χ0) is 15.4. The fraction of sp³-hybridized carbons (Fsp3) is 0.176. The fourth-order valence-corrected chi connectivity index (χ4v) is 3.02. The molecule has 0 N–H and O–H groups in total. The number of methoxy groups -OCH3 is 1. The molecule has 0 aliphatic carbocycles. The van der Waals surface area contributed by atoms with Crippen molar-refractivity contribution in [1.29, 1.82) is 0 Å². The molecule has 0 unspecified atom stereocenters. The number of hydrogen-bond acceptors (Lipinski definition) is 4. The van der Waals surface area contributed by atoms with Crippen LogP contribution in [-0.4, -0.2) is 21.9 Å². The standard InChI is InChI=1S/C17H17N3OS/c1-20-16(14-6-4-3-5-7-14)18-19-17(20)22-12-13-8-10-15(21-2)11-9-13/h3-11H,12H2,1-2H3. The number of hydrogen-bond donors (Lipinski definition) is 0. The number of thioether (sulfide) groups is 1. The fourth-order valence-electron chi connectivity index (χ4n) is 2.15. The van der Waals surface area contributed by atoms with Crippen molar-refractivity contribution in [2.24, 2.45) is 7.05 Å². The quantitative estimate of drug-likeness (QED) is 0.672. The molecule has 0 saturated carbocycles. The van der Waals surface area contributed by atoms with Gasteiger partial charge >= 0.3 is 0 Å². The third-order valence-electron chi connectivity index (χ3n) is 3.39. The Labute approximate surface area is 134 Å². The zero-order valence-corrected chi connectivity index (χ0v) is 13.4. The maximum absolute atomic E-state index is 5.17. The van der Waals surface area contributed by atoms with Crippen LogP contribution in [0.25, 0.3) is 11.4 Å². The van der Waals surface area contributed by atoms with Gasteiger partial charge in [-0.2, -0.15) is 0 Å². The minimum Gasteiger partial charge on any atom is -0.497 e. The van der Waals surface area contributed by atoms with Crippen LogP contribution in [-0.2, 0) is 12.8 Å². The summed E-state index contributed by atoms with van der Waals surface area (Å²) in [5, 5.41) is 9.50. The van der Waals surface area contributed by atoms with E-state index in [1.807, 2.05) is 54.1 Å². The van der Waals surface area contributed by atoms with E-state index >= 15 is 0 Å². The first-order valence-corrected chi connectivity index (χ1v) is 7.97. The molecular formula is C17H17N3OS. The average molecular weight is 311 g/mol. The van der Waals surface area contributed by atoms with Crippen molar-refractivity contribution < 1.29 is 4.74 Å². The summed E-state index contributed by atoms with van der Waals surface area (Å²) in [6.45, 7) is 0. The van der Waals surface area contributed by atoms with E-state index in [2.05, 4.69) is 22.3 Å². The lowest BCUT2D eigenvalue weighted by Crippen LogP contribution is -1.95. The van der Waals surface area contributed by atoms with Crippen LogP contribution in [0, 0.1) is 0 Å². The highest BCUT2D eigenvalue weighted by Gasteiger charge is 2.10. The molecule has 1 aromatic heterocycles. The third-order valence-corrected chi connectivity index (χ3v) is 4.49. The van der Waals surface area contributed by atoms with Crippen LogP contribution in [0.3, 0.4) is 0 Å². The Morgan fingerprint density at radius 2 is 1.73 bits per heavy atom. The van der Waals surface area contributed by atoms with Gasteiger partial charge in [0, 0.05) is 18.4 Å². The third kappa shape index (κ3) is 3.14. The van der Waals surface area contributed by atoms with Gasteiger partial charge in [0.15, 0.2) is 11.0 Å². The smallest absolute Gasteiger partial charge is 0.191 e. The molecular weight excluding hydrogens is 294 g/mol. The summed E-state index contributed by atoms with van der Waals surface area (Å²) in [5.74, 6) is 2.61. The molecule has 22 heavy (non-hydrogen) atoms. The Bertz CT molecular complexity index is 738. The Kier molecular flexibility index (Phi) is 4.44. The van der Waals surface area contributed by atoms with Gasteiger partial charge in [-0.25, -0.2) is 0 Å². The summed E-state index contributed by atoms with van der Waals surface area (Å²) >= 11 is 1.68. The van der Waals surface area contributed by atoms with Crippen molar-refractivity contribution in [3.63, 3.8) is 0 Å². The summed E-state index contributed by atoms with van der Waals surface area (Å²) in [7, 11) is 3.67. The van der Waals surface area contributed by atoms with Crippen molar-refractivity contribution >= 4 is 11.8 Å². The number of ether oxygens (including phenoxy) is 1. The van der Waals surface area contributed by atoms with Gasteiger partial charge in [-0.1, -0.05) is 54.2 Å². The van der Waals surface area contributed by atoms with E-state index in [1.54, 1.807) is 18.9 Å². The molecule has 5 heteroatoms. The molecule has 0 atom stereocenters. The van der Waals surface area contributed by atoms with Gasteiger partial charge < -0.3 is 9.30 Å². The predicted octanol–water partition coefficient (Wildman–Crippen LogP) is 3.78. The van der Waals surface area contributed by atoms with Crippen molar-refractivity contribution in [2.45, 2.75) is 10.9 Å². The van der Waals surface area contributed by atoms with Gasteiger partial charge in [0.1, 0.15) is 5.75 Å². The van der Waals surface area contributed by atoms with Crippen LogP contribution >= 0.6 is 11.8 Å². The molecule has 0 aliphatic rings. The Morgan fingerprint density at radius 1 is 1.00 bits per heavy atom. The van der Waals surface area contributed by atoms with Crippen LogP contribution in [0.2, 0.25) is 0 Å². The molecule has 0 saturated heterocycles. The molecule has 3 aromatic rings. The van der Waals surface area contributed by atoms with E-state index in [4.69, 9.17) is 4.74 Å². The summed E-state index contributed by atoms with van der Waals surface area (Å²) in [6, 6.07) is 18.2. The molecule has 112 valence electrons. The van der Waals surface area contributed by atoms with E-state index < -0.39 is 0 Å². The van der Waals surface area contributed by atoms with Crippen LogP contribution in [0.1, 0.15) is 5.56 Å². The highest BCUT2D eigenvalue weighted by atomic mass is 32.2. The zero-order valence-electron chi connectivity index (χ0n) is 12.6. The molecule has 0 radical (unpaired) electrons. The summed E-state index contributed by atoms with van der Waals surface area (Å²) < 4.78 is 7.20. The van der Waals surface area contributed by atoms with E-state index in [9.17, 15) is 0 Å². The van der Waals surface area contributed by atoms with Gasteiger partial charge in [0.2, 0.25) is 0 Å². The Morgan fingerprint density at radius 3 is 2.41 bits per heavy atom. The van der Waals surface area contributed by atoms with Crippen LogP contribution < -0.4 is 4.74 Å². The Balaban J connectivity index is 1.72. The van der Waals surface area contributed by atoms with E-state index in [-0.39, 0.29) is 0 Å². The number of aromatic nitrogens is 3. The maximum atomic E-state index is 5.17. The predicted molar refractivity (Wildman–Crippen MR) is 89.0 cm³/mol. The molecule has 0 bridgehead atoms. The lowest BCUT2D eigenvalue weighted by Gasteiger charge is -2.05. The highest BCUT2D eigenvalue weighted by Crippen LogP contribution is 2.25. The van der Waals surface area contributed by atoms with E-state index in [0.29, 0.717) is 0 Å². The largest absolute Gasteiger partial charge is 0.497 e. The highest BCUT2D eigenvalue weighted by molar-refractivity contribution is 7.98. The summed E-state index contributed by atoms with van der Waals surface area (Å²) in [6.07, 6.45) is 0. The second-order valence-electron chi connectivity index (χ2n) is 4.87. The first-order valence-electron chi connectivity index (χ1n) is 6.98. The monoisotopic (exact) mass is 311 g/mol. The molecule has 0 aliphatic heterocycles. The van der Waals surface area contributed by atoms with E-state index in [0.717, 1.165) is 28.0 Å². The van der Waals surface area contributed by atoms with Gasteiger partial charge in [0.05, 0.1) is 7.11 Å². The first kappa shape index (κ1) is 14.7. The molecule has 2 aromatic carbocycles. The van der Waals surface area contributed by atoms with Crippen LogP contribution in [0.4, 0.5) is 0 Å². The van der Waals surface area contributed by atoms with Gasteiger partial charge in [-0.05, 0) is 17.7 Å². The van der Waals surface area contributed by atoms with Crippen molar-refractivity contribution in [3.8, 4) is 17.1 Å². The van der Waals surface area contributed by atoms with Crippen molar-refractivity contribution in [3.05, 3.63) is 60.2 Å². The Hall–Kier alpha value is -2.27. The van der Waals surface area contributed by atoms with Crippen LogP contribution in [0.15, 0.2) is 59.8 Å². The van der Waals surface area contributed by atoms with Gasteiger partial charge in [-0.3, -0.25) is 0 Å². The van der Waals surface area contributed by atoms with Gasteiger partial charge in [-0.15, -0.1) is 10.2 Å². The minimum absolute atomic E-state index is 0.852. The summed E-state index contributed by atoms with van der Waals surface area (Å²) in [5.41, 5.74) is 2.31. The lowest BCUT2D eigenvalue weighted by molar-refractivity contribution is 0.414. The molecule has 0 spiro atoms. The first-order chi connectivity index (χ1) is 10.8. The lowest BCUT2D eigenvalue weighted by atomic mass is 10.2. The minimum atomic E-state index is 0.852. The molecule has 0 fully saturated rings. The topological polar surface area (TPSA) is 39.9 Å². The van der Waals surface area contributed by atoms with Crippen LogP contribution in [0.5, 0.6) is 5.75 Å². The number of nitrogens with zero attached hydrogens (tertiary/aromatic N) is 3. The van der Waals surface area contributed by atoms with Crippen molar-refractivity contribution in [1.82, 2.24) is 14.8 Å². The molecule has 1 heterocycles. The summed E-state index contributed by atoms with van der Waals surface area (Å²) in [4.78, 5) is 0. The second kappa shape index (κ2) is 6.66. The van der Waals surface area contributed by atoms with Crippen molar-refractivity contribution in [2.75, 3.05) is 7.11 Å². The number of benzene rings is 2. The molecule has 4 nitrogen and oxygen atoms in total. The van der Waals surface area contributed by atoms with E-state index in [1.165, 1.54) is 5.56 Å². The second-order valence-corrected chi connectivity index (χ2v) is 5.81. The SMILES string of the molecule is COc1ccc(CSc2nnc(-c3ccccc3)n2C)cc1. The molecule has 0 amide bonds. The maximum Gasteiger partial charge on any atom is 0.191 e. The normalized spacial score (nSPS) is 10.6. The number of rotatable bonds is 5. The molecule has 3 rings (SSSR count). The van der Waals surface area contributed by atoms with Gasteiger partial charge in [0.25, 0.3) is 0 Å². The average Bonchev–Trinajstić information content (AvgIpc) is 2.95.